The van der Waals surface area contributed by atoms with E-state index < -0.39 is 5.54 Å². The van der Waals surface area contributed by atoms with Gasteiger partial charge in [0, 0.05) is 36.8 Å². The van der Waals surface area contributed by atoms with E-state index in [-0.39, 0.29) is 11.9 Å². The third kappa shape index (κ3) is 2.18. The minimum absolute atomic E-state index is 0.166. The van der Waals surface area contributed by atoms with Crippen LogP contribution in [-0.4, -0.2) is 44.0 Å². The number of likely N-dealkylation sites (N-methyl/N-ethyl adjacent to an activating group) is 1. The van der Waals surface area contributed by atoms with Crippen LogP contribution in [0.5, 0.6) is 0 Å². The van der Waals surface area contributed by atoms with Crippen molar-refractivity contribution in [2.45, 2.75) is 5.54 Å². The second-order valence-electron chi connectivity index (χ2n) is 5.74. The van der Waals surface area contributed by atoms with Crippen molar-refractivity contribution in [2.24, 2.45) is 10.7 Å². The molecule has 3 aromatic rings. The molecule has 1 aliphatic rings. The van der Waals surface area contributed by atoms with E-state index in [1.807, 2.05) is 24.3 Å². The minimum atomic E-state index is -1.25. The van der Waals surface area contributed by atoms with Gasteiger partial charge in [-0.2, -0.15) is 5.10 Å². The number of carbonyl (C=O) groups excluding carboxylic acids is 1. The first kappa shape index (κ1) is 15.0. The molecule has 0 bridgehead atoms. The van der Waals surface area contributed by atoms with Crippen LogP contribution in [0.3, 0.4) is 0 Å². The lowest BCUT2D eigenvalue weighted by molar-refractivity contribution is -0.129. The van der Waals surface area contributed by atoms with E-state index >= 15 is 0 Å². The van der Waals surface area contributed by atoms with Crippen molar-refractivity contribution < 1.29 is 4.79 Å². The predicted octanol–water partition coefficient (Wildman–Crippen LogP) is 0.897. The summed E-state index contributed by atoms with van der Waals surface area (Å²) in [6.07, 6.45) is 8.16. The number of nitrogens with zero attached hydrogens (tertiary/aromatic N) is 5. The van der Waals surface area contributed by atoms with Crippen LogP contribution in [0.4, 0.5) is 0 Å². The molecule has 1 amide bonds. The standard InChI is InChI=1S/C17H15N7O/c1-24-15(25)17(23-16(24)18,14-8-21-22-9-14)13-4-2-3-11(5-13)12-6-19-10-20-7-12/h2-10H,1H3,(H2,18,23)(H,21,22). The Hall–Kier alpha value is -3.55. The van der Waals surface area contributed by atoms with E-state index in [1.54, 1.807) is 31.8 Å². The van der Waals surface area contributed by atoms with Crippen LogP contribution in [0.15, 0.2) is 60.4 Å². The van der Waals surface area contributed by atoms with E-state index in [0.717, 1.165) is 11.1 Å². The highest BCUT2D eigenvalue weighted by Gasteiger charge is 2.50. The zero-order valence-corrected chi connectivity index (χ0v) is 13.4. The Morgan fingerprint density at radius 1 is 1.12 bits per heavy atom. The van der Waals surface area contributed by atoms with Crippen LogP contribution in [0.1, 0.15) is 11.1 Å². The second-order valence-corrected chi connectivity index (χ2v) is 5.74. The molecule has 0 aliphatic carbocycles. The molecule has 0 saturated carbocycles. The number of guanidine groups is 1. The Bertz CT molecular complexity index is 952. The van der Waals surface area contributed by atoms with Crippen molar-refractivity contribution in [3.63, 3.8) is 0 Å². The van der Waals surface area contributed by atoms with Gasteiger partial charge in [-0.1, -0.05) is 18.2 Å². The fourth-order valence-electron chi connectivity index (χ4n) is 3.00. The summed E-state index contributed by atoms with van der Waals surface area (Å²) in [6, 6.07) is 7.56. The van der Waals surface area contributed by atoms with Gasteiger partial charge >= 0.3 is 0 Å². The molecule has 25 heavy (non-hydrogen) atoms. The number of aliphatic imine (C=N–C) groups is 1. The number of aromatic amines is 1. The van der Waals surface area contributed by atoms with E-state index in [9.17, 15) is 4.79 Å². The summed E-state index contributed by atoms with van der Waals surface area (Å²) < 4.78 is 0. The maximum atomic E-state index is 13.0. The number of rotatable bonds is 3. The van der Waals surface area contributed by atoms with Crippen LogP contribution in [0.2, 0.25) is 0 Å². The highest BCUT2D eigenvalue weighted by molar-refractivity contribution is 6.08. The van der Waals surface area contributed by atoms with Crippen molar-refractivity contribution >= 4 is 11.9 Å². The summed E-state index contributed by atoms with van der Waals surface area (Å²) in [5, 5.41) is 6.72. The van der Waals surface area contributed by atoms with Crippen LogP contribution in [0, 0.1) is 0 Å². The van der Waals surface area contributed by atoms with Crippen LogP contribution < -0.4 is 5.73 Å². The second kappa shape index (κ2) is 5.52. The van der Waals surface area contributed by atoms with Gasteiger partial charge in [-0.3, -0.25) is 14.8 Å². The van der Waals surface area contributed by atoms with Gasteiger partial charge in [-0.05, 0) is 17.2 Å². The molecule has 0 fully saturated rings. The number of hydrogen-bond donors (Lipinski definition) is 2. The van der Waals surface area contributed by atoms with E-state index in [4.69, 9.17) is 5.73 Å². The average molecular weight is 333 g/mol. The van der Waals surface area contributed by atoms with Gasteiger partial charge in [0.15, 0.2) is 11.5 Å². The summed E-state index contributed by atoms with van der Waals surface area (Å²) in [5.74, 6) is -0.0625. The van der Waals surface area contributed by atoms with E-state index in [0.29, 0.717) is 11.1 Å². The molecule has 0 spiro atoms. The molecule has 4 rings (SSSR count). The van der Waals surface area contributed by atoms with Gasteiger partial charge in [0.05, 0.1) is 6.20 Å². The molecule has 1 aliphatic heterocycles. The smallest absolute Gasteiger partial charge is 0.266 e. The fourth-order valence-corrected chi connectivity index (χ4v) is 3.00. The lowest BCUT2D eigenvalue weighted by Gasteiger charge is -2.24. The number of carbonyl (C=O) groups is 1. The topological polar surface area (TPSA) is 113 Å². The quantitative estimate of drug-likeness (QED) is 0.739. The van der Waals surface area contributed by atoms with E-state index in [1.165, 1.54) is 11.2 Å². The van der Waals surface area contributed by atoms with Crippen molar-refractivity contribution in [3.8, 4) is 11.1 Å². The molecule has 2 aromatic heterocycles. The molecule has 1 atom stereocenters. The molecule has 0 saturated heterocycles. The zero-order chi connectivity index (χ0) is 17.4. The van der Waals surface area contributed by atoms with Crippen LogP contribution >= 0.6 is 0 Å². The van der Waals surface area contributed by atoms with Crippen molar-refractivity contribution in [3.05, 3.63) is 66.5 Å². The fraction of sp³-hybridized carbons (Fsp3) is 0.118. The summed E-state index contributed by atoms with van der Waals surface area (Å²) >= 11 is 0. The number of H-pyrrole nitrogens is 1. The molecule has 1 aromatic carbocycles. The molecular formula is C17H15N7O. The maximum Gasteiger partial charge on any atom is 0.266 e. The number of benzene rings is 1. The molecule has 8 heteroatoms. The van der Waals surface area contributed by atoms with Gasteiger partial charge in [-0.15, -0.1) is 0 Å². The van der Waals surface area contributed by atoms with Crippen molar-refractivity contribution in [1.82, 2.24) is 25.1 Å². The average Bonchev–Trinajstić information content (AvgIpc) is 3.27. The number of nitrogens with one attached hydrogen (secondary N) is 1. The third-order valence-corrected chi connectivity index (χ3v) is 4.33. The summed E-state index contributed by atoms with van der Waals surface area (Å²) in [5.41, 5.74) is 7.76. The first-order valence-electron chi connectivity index (χ1n) is 7.61. The molecule has 1 unspecified atom stereocenters. The first-order chi connectivity index (χ1) is 12.1. The summed E-state index contributed by atoms with van der Waals surface area (Å²) in [7, 11) is 1.61. The normalized spacial score (nSPS) is 20.0. The number of amides is 1. The SMILES string of the molecule is CN1C(=O)C(c2cn[nH]c2)(c2cccc(-c3cncnc3)c2)N=C1N. The minimum Gasteiger partial charge on any atom is -0.369 e. The largest absolute Gasteiger partial charge is 0.369 e. The number of nitrogens with two attached hydrogens (primary N) is 1. The Morgan fingerprint density at radius 3 is 2.56 bits per heavy atom. The molecule has 3 heterocycles. The van der Waals surface area contributed by atoms with Crippen LogP contribution in [0.25, 0.3) is 11.1 Å². The zero-order valence-electron chi connectivity index (χ0n) is 13.4. The molecule has 0 radical (unpaired) electrons. The van der Waals surface area contributed by atoms with Gasteiger partial charge in [-0.25, -0.2) is 15.0 Å². The Balaban J connectivity index is 1.93. The third-order valence-electron chi connectivity index (χ3n) is 4.33. The van der Waals surface area contributed by atoms with Gasteiger partial charge in [0.25, 0.3) is 5.91 Å². The number of aromatic nitrogens is 4. The summed E-state index contributed by atoms with van der Waals surface area (Å²) in [4.78, 5) is 27.0. The Morgan fingerprint density at radius 2 is 1.92 bits per heavy atom. The Labute approximate surface area is 143 Å². The molecule has 124 valence electrons. The van der Waals surface area contributed by atoms with Gasteiger partial charge in [0.1, 0.15) is 6.33 Å². The summed E-state index contributed by atoms with van der Waals surface area (Å²) in [6.45, 7) is 0. The van der Waals surface area contributed by atoms with E-state index in [2.05, 4.69) is 25.2 Å². The van der Waals surface area contributed by atoms with Crippen molar-refractivity contribution in [1.29, 1.82) is 0 Å². The lowest BCUT2D eigenvalue weighted by Crippen LogP contribution is -2.41. The molecule has 8 nitrogen and oxygen atoms in total. The van der Waals surface area contributed by atoms with Gasteiger partial charge < -0.3 is 5.73 Å². The Kier molecular flexibility index (Phi) is 3.31. The van der Waals surface area contributed by atoms with Crippen molar-refractivity contribution in [2.75, 3.05) is 7.05 Å². The highest BCUT2D eigenvalue weighted by atomic mass is 16.2. The predicted molar refractivity (Wildman–Crippen MR) is 91.2 cm³/mol. The van der Waals surface area contributed by atoms with Crippen LogP contribution in [-0.2, 0) is 10.3 Å². The molecular weight excluding hydrogens is 318 g/mol. The first-order valence-corrected chi connectivity index (χ1v) is 7.61. The highest BCUT2D eigenvalue weighted by Crippen LogP contribution is 2.39. The van der Waals surface area contributed by atoms with Gasteiger partial charge in [0.2, 0.25) is 0 Å². The molecule has 3 N–H and O–H groups in total. The maximum absolute atomic E-state index is 13.0. The monoisotopic (exact) mass is 333 g/mol. The number of hydrogen-bond acceptors (Lipinski definition) is 6. The lowest BCUT2D eigenvalue weighted by atomic mass is 9.83.